The number of primary amides is 1. The van der Waals surface area contributed by atoms with Crippen molar-refractivity contribution in [2.75, 3.05) is 26.2 Å². The number of carboxylic acid groups (broad SMARTS) is 3. The van der Waals surface area contributed by atoms with Gasteiger partial charge in [0.15, 0.2) is 0 Å². The Hall–Kier alpha value is -8.60. The molecular weight excluding hydrogens is 1190 g/mol. The summed E-state index contributed by atoms with van der Waals surface area (Å²) < 4.78 is 0. The number of aliphatic hydroxyl groups is 1. The quantitative estimate of drug-likeness (QED) is 0.0253. The van der Waals surface area contributed by atoms with Gasteiger partial charge in [-0.3, -0.25) is 71.9 Å². The SMILES string of the molecule is CC(C)C[C@H](NC(=O)[C@@H](NC(=O)[C@H](CCC(=O)O)NC(=O)[C@H](CCCCN)NC(=O)CNC(=O)[C@H](CCC(=O)O)NC(=O)[C@H](C)NC(=O)[C@H](C)NC(=O)[C@H](CC(N)=O)NC(=O)[C@H](CO)NC(=O)[C@@H]1CCCN1C(=O)[C@@H](NC(=O)[C@H](C)N)C(C)C)C(C)C)C(=O)O. The topological polar surface area (TPSA) is 568 Å². The van der Waals surface area contributed by atoms with Crippen molar-refractivity contribution in [3.8, 4) is 0 Å². The van der Waals surface area contributed by atoms with Gasteiger partial charge in [-0.15, -0.1) is 0 Å². The fraction of sp³-hybridized carbons (Fsp3) is 0.709. The van der Waals surface area contributed by atoms with Crippen LogP contribution < -0.4 is 75.7 Å². The summed E-state index contributed by atoms with van der Waals surface area (Å²) in [5.41, 5.74) is 16.6. The Balaban J connectivity index is 3.16. The molecule has 12 atom stereocenters. The summed E-state index contributed by atoms with van der Waals surface area (Å²) in [7, 11) is 0. The summed E-state index contributed by atoms with van der Waals surface area (Å²) in [5.74, 6) is -18.0. The molecule has 1 aliphatic rings. The van der Waals surface area contributed by atoms with Gasteiger partial charge in [0.2, 0.25) is 76.8 Å². The van der Waals surface area contributed by atoms with Crippen LogP contribution in [0.2, 0.25) is 0 Å². The van der Waals surface area contributed by atoms with E-state index >= 15 is 0 Å². The lowest BCUT2D eigenvalue weighted by molar-refractivity contribution is -0.143. The van der Waals surface area contributed by atoms with Crippen LogP contribution in [0.5, 0.6) is 0 Å². The molecule has 0 aromatic heterocycles. The zero-order chi connectivity index (χ0) is 68.9. The minimum atomic E-state index is -1.82. The van der Waals surface area contributed by atoms with E-state index in [4.69, 9.17) is 17.2 Å². The second kappa shape index (κ2) is 39.4. The van der Waals surface area contributed by atoms with E-state index in [1.54, 1.807) is 41.5 Å². The molecule has 1 aliphatic heterocycles. The number of nitrogens with zero attached hydrogens (tertiary/aromatic N) is 1. The normalized spacial score (nSPS) is 16.5. The summed E-state index contributed by atoms with van der Waals surface area (Å²) in [6.07, 6.45) is -2.26. The molecule has 1 fully saturated rings. The van der Waals surface area contributed by atoms with Crippen molar-refractivity contribution in [3.05, 3.63) is 0 Å². The van der Waals surface area contributed by atoms with Crippen LogP contribution in [0.25, 0.3) is 0 Å². The fourth-order valence-electron chi connectivity index (χ4n) is 8.89. The second-order valence-electron chi connectivity index (χ2n) is 23.0. The largest absolute Gasteiger partial charge is 0.481 e. The Morgan fingerprint density at radius 1 is 0.511 bits per heavy atom. The first-order valence-corrected chi connectivity index (χ1v) is 29.6. The molecule has 13 amide bonds. The molecule has 0 bridgehead atoms. The number of rotatable bonds is 41. The summed E-state index contributed by atoms with van der Waals surface area (Å²) in [6, 6.07) is -17.2. The number of carbonyl (C=O) groups excluding carboxylic acids is 13. The fourth-order valence-corrected chi connectivity index (χ4v) is 8.89. The Labute approximate surface area is 520 Å². The third-order valence-electron chi connectivity index (χ3n) is 14.0. The maximum atomic E-state index is 13.8. The van der Waals surface area contributed by atoms with Crippen molar-refractivity contribution < 1.29 is 97.1 Å². The number of unbranched alkanes of at least 4 members (excludes halogenated alkanes) is 1. The van der Waals surface area contributed by atoms with E-state index in [9.17, 15) is 97.1 Å². The maximum Gasteiger partial charge on any atom is 0.326 e. The van der Waals surface area contributed by atoms with E-state index in [2.05, 4.69) is 58.5 Å². The van der Waals surface area contributed by atoms with Gasteiger partial charge in [-0.1, -0.05) is 41.5 Å². The first-order chi connectivity index (χ1) is 41.9. The predicted octanol–water partition coefficient (Wildman–Crippen LogP) is -6.50. The predicted molar refractivity (Wildman–Crippen MR) is 316 cm³/mol. The number of nitrogens with two attached hydrogens (primary N) is 3. The summed E-state index contributed by atoms with van der Waals surface area (Å²) in [5, 5.41) is 64.4. The van der Waals surface area contributed by atoms with Gasteiger partial charge in [0.1, 0.15) is 66.5 Å². The number of nitrogens with one attached hydrogen (secondary N) is 11. The minimum absolute atomic E-state index is 0.0598. The molecule has 1 saturated heterocycles. The van der Waals surface area contributed by atoms with E-state index in [1.807, 2.05) is 0 Å². The van der Waals surface area contributed by atoms with E-state index in [-0.39, 0.29) is 44.7 Å². The van der Waals surface area contributed by atoms with Crippen LogP contribution >= 0.6 is 0 Å². The highest BCUT2D eigenvalue weighted by Crippen LogP contribution is 2.21. The molecule has 0 aromatic rings. The van der Waals surface area contributed by atoms with Crippen LogP contribution in [0, 0.1) is 17.8 Å². The van der Waals surface area contributed by atoms with Crippen molar-refractivity contribution >= 4 is 94.7 Å². The van der Waals surface area contributed by atoms with Gasteiger partial charge in [0.05, 0.1) is 25.6 Å². The van der Waals surface area contributed by atoms with Gasteiger partial charge < -0.3 is 101 Å². The first-order valence-electron chi connectivity index (χ1n) is 29.6. The average molecular weight is 1280 g/mol. The zero-order valence-corrected chi connectivity index (χ0v) is 52.3. The number of hydrogen-bond donors (Lipinski definition) is 18. The minimum Gasteiger partial charge on any atom is -0.481 e. The number of carboxylic acids is 3. The van der Waals surface area contributed by atoms with Gasteiger partial charge in [0, 0.05) is 19.4 Å². The van der Waals surface area contributed by atoms with Gasteiger partial charge in [-0.25, -0.2) is 4.79 Å². The molecule has 21 N–H and O–H groups in total. The van der Waals surface area contributed by atoms with Crippen molar-refractivity contribution in [3.63, 3.8) is 0 Å². The van der Waals surface area contributed by atoms with E-state index < -0.39 is 224 Å². The van der Waals surface area contributed by atoms with Crippen LogP contribution in [0.15, 0.2) is 0 Å². The highest BCUT2D eigenvalue weighted by molar-refractivity contribution is 6.00. The standard InChI is InChI=1S/C55H93N15O20/c1-25(2)21-35(55(89)90)66-53(87)42(26(3)4)68-49(83)33(16-18-41(76)77)64-48(82)31(13-10-11-19-56)62-39(73)23-59-47(81)32(15-17-40(74)75)63-46(80)30(9)60-45(79)29(8)61-50(84)34(22-38(58)72)65-51(85)36(24-71)67-52(86)37-14-12-20-70(37)54(88)43(27(5)6)69-44(78)28(7)57/h25-37,42-43,71H,10-24,56-57H2,1-9H3,(H2,58,72)(H,59,81)(H,60,79)(H,61,84)(H,62,73)(H,63,80)(H,64,82)(H,65,85)(H,66,87)(H,67,86)(H,68,83)(H,69,78)(H,74,75)(H,76,77)(H,89,90)/t28-,29-,30-,31-,32-,33-,34-,35-,36-,37-,42-,43-/m0/s1. The lowest BCUT2D eigenvalue weighted by Crippen LogP contribution is -2.60. The average Bonchev–Trinajstić information content (AvgIpc) is 2.96. The van der Waals surface area contributed by atoms with Gasteiger partial charge in [0.25, 0.3) is 0 Å². The lowest BCUT2D eigenvalue weighted by Gasteiger charge is -2.31. The number of aliphatic carboxylic acids is 3. The third kappa shape index (κ3) is 28.3. The molecule has 0 aliphatic carbocycles. The van der Waals surface area contributed by atoms with Crippen molar-refractivity contribution in [1.82, 2.24) is 63.4 Å². The monoisotopic (exact) mass is 1280 g/mol. The van der Waals surface area contributed by atoms with E-state index in [0.29, 0.717) is 12.8 Å². The third-order valence-corrected chi connectivity index (χ3v) is 14.0. The summed E-state index contributed by atoms with van der Waals surface area (Å²) in [4.78, 5) is 209. The van der Waals surface area contributed by atoms with Crippen LogP contribution in [0.1, 0.15) is 133 Å². The van der Waals surface area contributed by atoms with Crippen LogP contribution in [-0.4, -0.2) is 219 Å². The van der Waals surface area contributed by atoms with Crippen LogP contribution in [-0.2, 0) is 76.7 Å². The first kappa shape index (κ1) is 79.4. The summed E-state index contributed by atoms with van der Waals surface area (Å²) >= 11 is 0. The van der Waals surface area contributed by atoms with Crippen LogP contribution in [0.3, 0.4) is 0 Å². The molecule has 0 radical (unpaired) electrons. The molecule has 0 unspecified atom stereocenters. The Kier molecular flexibility index (Phi) is 34.8. The number of aliphatic hydroxyl groups excluding tert-OH is 1. The van der Waals surface area contributed by atoms with Gasteiger partial charge >= 0.3 is 17.9 Å². The van der Waals surface area contributed by atoms with Gasteiger partial charge in [-0.2, -0.15) is 0 Å². The molecule has 0 aromatic carbocycles. The second-order valence-corrected chi connectivity index (χ2v) is 23.0. The zero-order valence-electron chi connectivity index (χ0n) is 52.3. The molecule has 35 heteroatoms. The van der Waals surface area contributed by atoms with Crippen molar-refractivity contribution in [1.29, 1.82) is 0 Å². The Morgan fingerprint density at radius 2 is 0.978 bits per heavy atom. The lowest BCUT2D eigenvalue weighted by atomic mass is 9.99. The molecule has 1 rings (SSSR count). The highest BCUT2D eigenvalue weighted by Gasteiger charge is 2.41. The Bertz CT molecular complexity index is 2570. The molecule has 508 valence electrons. The smallest absolute Gasteiger partial charge is 0.326 e. The number of hydrogen-bond acceptors (Lipinski definition) is 19. The summed E-state index contributed by atoms with van der Waals surface area (Å²) in [6.45, 7) is 12.0. The van der Waals surface area contributed by atoms with E-state index in [0.717, 1.165) is 13.8 Å². The molecule has 0 saturated carbocycles. The van der Waals surface area contributed by atoms with Crippen LogP contribution in [0.4, 0.5) is 0 Å². The van der Waals surface area contributed by atoms with Crippen molar-refractivity contribution in [2.45, 2.75) is 205 Å². The van der Waals surface area contributed by atoms with Gasteiger partial charge in [-0.05, 0) is 96.4 Å². The highest BCUT2D eigenvalue weighted by atomic mass is 16.4. The molecule has 90 heavy (non-hydrogen) atoms. The maximum absolute atomic E-state index is 13.8. The molecule has 1 heterocycles. The molecular formula is C55H93N15O20. The van der Waals surface area contributed by atoms with E-state index in [1.165, 1.54) is 11.8 Å². The Morgan fingerprint density at radius 3 is 1.48 bits per heavy atom. The molecule has 0 spiro atoms. The number of amides is 13. The number of likely N-dealkylation sites (tertiary alicyclic amines) is 1. The molecule has 35 nitrogen and oxygen atoms in total. The van der Waals surface area contributed by atoms with Crippen molar-refractivity contribution in [2.24, 2.45) is 35.0 Å². The number of carbonyl (C=O) groups is 16.